The van der Waals surface area contributed by atoms with E-state index in [0.717, 1.165) is 5.56 Å². The van der Waals surface area contributed by atoms with E-state index in [4.69, 9.17) is 15.6 Å². The average Bonchev–Trinajstić information content (AvgIpc) is 2.18. The zero-order valence-electron chi connectivity index (χ0n) is 7.42. The largest absolute Gasteiger partial charge is 0.483 e. The third-order valence-corrected chi connectivity index (χ3v) is 1.22. The molecule has 3 N–H and O–H groups in total. The van der Waals surface area contributed by atoms with Gasteiger partial charge in [0.2, 0.25) is 0 Å². The van der Waals surface area contributed by atoms with Gasteiger partial charge in [0.05, 0.1) is 0 Å². The zero-order chi connectivity index (χ0) is 10.8. The van der Waals surface area contributed by atoms with Gasteiger partial charge in [0, 0.05) is 0 Å². The highest BCUT2D eigenvalue weighted by atomic mass is 16.5. The maximum atomic E-state index is 10.2. The molecule has 0 bridgehead atoms. The summed E-state index contributed by atoms with van der Waals surface area (Å²) in [6.07, 6.45) is -0.742. The Balaban J connectivity index is 0.000000500. The summed E-state index contributed by atoms with van der Waals surface area (Å²) in [5.41, 5.74) is 5.72. The van der Waals surface area contributed by atoms with Gasteiger partial charge in [0.25, 0.3) is 6.47 Å². The van der Waals surface area contributed by atoms with Crippen LogP contribution >= 0.6 is 0 Å². The molecule has 14 heavy (non-hydrogen) atoms. The number of rotatable bonds is 2. The van der Waals surface area contributed by atoms with Gasteiger partial charge in [-0.1, -0.05) is 30.3 Å². The molecule has 1 amide bonds. The Labute approximate surface area is 81.1 Å². The summed E-state index contributed by atoms with van der Waals surface area (Å²) in [5.74, 6) is 0. The van der Waals surface area contributed by atoms with Gasteiger partial charge >= 0.3 is 6.09 Å². The van der Waals surface area contributed by atoms with Crippen LogP contribution in [0.5, 0.6) is 0 Å². The van der Waals surface area contributed by atoms with Gasteiger partial charge in [0.1, 0.15) is 6.61 Å². The Kier molecular flexibility index (Phi) is 6.49. The van der Waals surface area contributed by atoms with Gasteiger partial charge in [-0.3, -0.25) is 4.79 Å². The van der Waals surface area contributed by atoms with E-state index in [1.54, 1.807) is 0 Å². The number of carboxylic acid groups (broad SMARTS) is 1. The minimum absolute atomic E-state index is 0.246. The summed E-state index contributed by atoms with van der Waals surface area (Å²) in [7, 11) is 0. The fourth-order valence-corrected chi connectivity index (χ4v) is 0.729. The molecule has 0 aliphatic carbocycles. The van der Waals surface area contributed by atoms with Gasteiger partial charge in [-0.05, 0) is 5.56 Å². The van der Waals surface area contributed by atoms with Crippen molar-refractivity contribution in [2.75, 3.05) is 0 Å². The highest BCUT2D eigenvalue weighted by Crippen LogP contribution is 1.99. The van der Waals surface area contributed by atoms with Crippen LogP contribution < -0.4 is 5.73 Å². The van der Waals surface area contributed by atoms with Crippen LogP contribution in [0.2, 0.25) is 0 Å². The fraction of sp³-hybridized carbons (Fsp3) is 0.111. The maximum absolute atomic E-state index is 10.2. The summed E-state index contributed by atoms with van der Waals surface area (Å²) in [4.78, 5) is 18.5. The molecule has 0 unspecified atom stereocenters. The summed E-state index contributed by atoms with van der Waals surface area (Å²) >= 11 is 0. The van der Waals surface area contributed by atoms with Crippen LogP contribution in [0, 0.1) is 0 Å². The van der Waals surface area contributed by atoms with Gasteiger partial charge in [-0.15, -0.1) is 0 Å². The van der Waals surface area contributed by atoms with Crippen LogP contribution in [-0.4, -0.2) is 17.7 Å². The van der Waals surface area contributed by atoms with Crippen LogP contribution in [0.15, 0.2) is 30.3 Å². The van der Waals surface area contributed by atoms with E-state index in [-0.39, 0.29) is 13.1 Å². The molecule has 0 aromatic heterocycles. The van der Waals surface area contributed by atoms with E-state index in [0.29, 0.717) is 0 Å². The van der Waals surface area contributed by atoms with E-state index < -0.39 is 6.09 Å². The monoisotopic (exact) mass is 197 g/mol. The normalized spacial score (nSPS) is 8.00. The Morgan fingerprint density at radius 2 is 1.93 bits per heavy atom. The Bertz CT molecular complexity index is 273. The molecule has 0 atom stereocenters. The summed E-state index contributed by atoms with van der Waals surface area (Å²) in [5, 5.41) is 6.89. The molecule has 5 nitrogen and oxygen atoms in total. The molecule has 5 heteroatoms. The molecule has 0 saturated carbocycles. The number of nitrogens with two attached hydrogens (primary N) is 1. The minimum Gasteiger partial charge on any atom is -0.483 e. The summed E-state index contributed by atoms with van der Waals surface area (Å²) in [6.45, 7) is -0.00380. The molecule has 0 radical (unpaired) electrons. The second-order valence-corrected chi connectivity index (χ2v) is 2.20. The van der Waals surface area contributed by atoms with Gasteiger partial charge in [-0.2, -0.15) is 0 Å². The van der Waals surface area contributed by atoms with Crippen molar-refractivity contribution in [3.05, 3.63) is 35.9 Å². The molecule has 0 aliphatic heterocycles. The molecule has 0 saturated heterocycles. The first-order valence-electron chi connectivity index (χ1n) is 3.74. The number of ether oxygens (including phenoxy) is 1. The number of carbonyl (C=O) groups is 2. The number of hydrogen-bond donors (Lipinski definition) is 2. The molecule has 0 heterocycles. The van der Waals surface area contributed by atoms with Gasteiger partial charge in [-0.25, -0.2) is 4.79 Å². The van der Waals surface area contributed by atoms with Crippen molar-refractivity contribution in [3.63, 3.8) is 0 Å². The van der Waals surface area contributed by atoms with E-state index in [2.05, 4.69) is 4.74 Å². The smallest absolute Gasteiger partial charge is 0.404 e. The molecule has 1 aromatic carbocycles. The van der Waals surface area contributed by atoms with Crippen molar-refractivity contribution >= 4 is 12.6 Å². The van der Waals surface area contributed by atoms with E-state index in [9.17, 15) is 4.79 Å². The molecular formula is C9H11NO4. The minimum atomic E-state index is -0.742. The standard InChI is InChI=1S/C8H9NO2.CH2O2/c9-8(10)11-6-7-4-2-1-3-5-7;2-1-3/h1-5H,6H2,(H2,9,10);1H,(H,2,3). The van der Waals surface area contributed by atoms with Gasteiger partial charge < -0.3 is 15.6 Å². The maximum Gasteiger partial charge on any atom is 0.404 e. The summed E-state index contributed by atoms with van der Waals surface area (Å²) in [6, 6.07) is 9.37. The predicted molar refractivity (Wildman–Crippen MR) is 49.5 cm³/mol. The van der Waals surface area contributed by atoms with E-state index in [1.807, 2.05) is 30.3 Å². The van der Waals surface area contributed by atoms with Crippen molar-refractivity contribution in [1.29, 1.82) is 0 Å². The lowest BCUT2D eigenvalue weighted by Crippen LogP contribution is -2.12. The highest BCUT2D eigenvalue weighted by molar-refractivity contribution is 5.64. The molecule has 0 spiro atoms. The first-order valence-corrected chi connectivity index (χ1v) is 3.74. The van der Waals surface area contributed by atoms with Crippen molar-refractivity contribution in [2.24, 2.45) is 5.73 Å². The van der Waals surface area contributed by atoms with E-state index >= 15 is 0 Å². The highest BCUT2D eigenvalue weighted by Gasteiger charge is 1.93. The lowest BCUT2D eigenvalue weighted by molar-refractivity contribution is -0.122. The molecule has 0 aliphatic rings. The summed E-state index contributed by atoms with van der Waals surface area (Å²) < 4.78 is 4.57. The lowest BCUT2D eigenvalue weighted by Gasteiger charge is -1.99. The fourth-order valence-electron chi connectivity index (χ4n) is 0.729. The zero-order valence-corrected chi connectivity index (χ0v) is 7.42. The number of benzene rings is 1. The Hall–Kier alpha value is -2.04. The molecular weight excluding hydrogens is 186 g/mol. The quantitative estimate of drug-likeness (QED) is 0.691. The Morgan fingerprint density at radius 3 is 2.36 bits per heavy atom. The van der Waals surface area contributed by atoms with Crippen molar-refractivity contribution in [2.45, 2.75) is 6.61 Å². The number of primary amides is 1. The predicted octanol–water partition coefficient (Wildman–Crippen LogP) is 0.983. The molecule has 1 rings (SSSR count). The molecule has 0 fully saturated rings. The number of hydrogen-bond acceptors (Lipinski definition) is 3. The second-order valence-electron chi connectivity index (χ2n) is 2.20. The lowest BCUT2D eigenvalue weighted by atomic mass is 10.2. The third kappa shape index (κ3) is 6.66. The SMILES string of the molecule is NC(=O)OCc1ccccc1.O=CO. The van der Waals surface area contributed by atoms with Gasteiger partial charge in [0.15, 0.2) is 0 Å². The average molecular weight is 197 g/mol. The molecule has 76 valence electrons. The number of carbonyl (C=O) groups excluding carboxylic acids is 1. The Morgan fingerprint density at radius 1 is 1.43 bits per heavy atom. The van der Waals surface area contributed by atoms with Crippen molar-refractivity contribution in [1.82, 2.24) is 0 Å². The van der Waals surface area contributed by atoms with Crippen LogP contribution in [0.1, 0.15) is 5.56 Å². The number of amides is 1. The van der Waals surface area contributed by atoms with Crippen LogP contribution in [0.4, 0.5) is 4.79 Å². The molecule has 1 aromatic rings. The third-order valence-electron chi connectivity index (χ3n) is 1.22. The van der Waals surface area contributed by atoms with Crippen LogP contribution in [0.3, 0.4) is 0 Å². The first-order chi connectivity index (χ1) is 6.70. The topological polar surface area (TPSA) is 89.6 Å². The van der Waals surface area contributed by atoms with Crippen molar-refractivity contribution < 1.29 is 19.4 Å². The van der Waals surface area contributed by atoms with E-state index in [1.165, 1.54) is 0 Å². The van der Waals surface area contributed by atoms with Crippen LogP contribution in [-0.2, 0) is 16.1 Å². The first kappa shape index (κ1) is 12.0. The van der Waals surface area contributed by atoms with Crippen LogP contribution in [0.25, 0.3) is 0 Å². The van der Waals surface area contributed by atoms with Crippen molar-refractivity contribution in [3.8, 4) is 0 Å². The second kappa shape index (κ2) is 7.60.